The van der Waals surface area contributed by atoms with E-state index in [2.05, 4.69) is 119 Å². The molecular weight excluding hydrogens is 813 g/mol. The number of hydrogen-bond donors (Lipinski definition) is 0. The van der Waals surface area contributed by atoms with Crippen molar-refractivity contribution in [1.82, 2.24) is 9.97 Å². The normalized spacial score (nSPS) is 12.0. The largest absolute Gasteiger partial charge is 0.501 e. The number of para-hydroxylation sites is 1. The predicted octanol–water partition coefficient (Wildman–Crippen LogP) is 11.0. The van der Waals surface area contributed by atoms with Gasteiger partial charge in [0.1, 0.15) is 5.58 Å². The Morgan fingerprint density at radius 1 is 0.702 bits per heavy atom. The van der Waals surface area contributed by atoms with E-state index in [0.29, 0.717) is 5.41 Å². The molecule has 5 heteroatoms. The van der Waals surface area contributed by atoms with Crippen molar-refractivity contribution in [3.8, 4) is 22.5 Å². The fourth-order valence-corrected chi connectivity index (χ4v) is 9.24. The van der Waals surface area contributed by atoms with Gasteiger partial charge in [0.25, 0.3) is 0 Å². The van der Waals surface area contributed by atoms with E-state index in [1.807, 2.05) is 48.7 Å². The quantitative estimate of drug-likeness (QED) is 0.128. The maximum Gasteiger partial charge on any atom is 0.120 e. The van der Waals surface area contributed by atoms with Gasteiger partial charge in [-0.2, -0.15) is 0 Å². The summed E-state index contributed by atoms with van der Waals surface area (Å²) >= 11 is -1.90. The third-order valence-electron chi connectivity index (χ3n) is 8.03. The number of aryl methyl sites for hydroxylation is 1. The average Bonchev–Trinajstić information content (AvgIpc) is 3.36. The Kier molecular flexibility index (Phi) is 11.4. The van der Waals surface area contributed by atoms with Gasteiger partial charge in [0.05, 0.1) is 5.58 Å². The summed E-state index contributed by atoms with van der Waals surface area (Å²) in [6.07, 6.45) is 6.22. The molecule has 6 rings (SSSR count). The predicted molar refractivity (Wildman–Crippen MR) is 198 cm³/mol. The first kappa shape index (κ1) is 36.8. The van der Waals surface area contributed by atoms with Crippen LogP contribution in [-0.2, 0) is 32.9 Å². The van der Waals surface area contributed by atoms with E-state index < -0.39 is 13.3 Å². The van der Waals surface area contributed by atoms with Gasteiger partial charge in [-0.1, -0.05) is 61.5 Å². The van der Waals surface area contributed by atoms with Crippen LogP contribution < -0.4 is 4.40 Å². The summed E-state index contributed by atoms with van der Waals surface area (Å²) < 4.78 is 7.67. The van der Waals surface area contributed by atoms with Crippen molar-refractivity contribution in [2.45, 2.75) is 78.6 Å². The van der Waals surface area contributed by atoms with Gasteiger partial charge in [0, 0.05) is 31.7 Å². The van der Waals surface area contributed by atoms with Crippen LogP contribution in [0.1, 0.15) is 58.2 Å². The molecule has 247 valence electrons. The van der Waals surface area contributed by atoms with E-state index in [-0.39, 0.29) is 25.5 Å². The molecule has 0 aliphatic heterocycles. The SMILES string of the molecule is CC(C)(C)Cc1cc(-c2[c-]cccc2)nc[c]1[Ge]([CH3])([CH3])[CH3].Cc1cnc(-c2[c-]ccc3c2oc2ccccc23)cc1CC(C)(C)C.[Ir]. The standard InChI is InChI=1S/C23H22NO.C19H26GeN.Ir/c1-15-14-24-20(12-16(15)13-23(2,3)4)19-10-7-9-18-17-8-5-6-11-21(17)25-22(18)19;1-19(2,3)13-16-12-18(15-10-8-7-9-11-15)21-14-17(16)20(4,5)6;/h5-9,11-12,14H,13H2,1-4H3;7-10,12,14H,13H2,1-6H3;/q2*-1;. The van der Waals surface area contributed by atoms with Gasteiger partial charge < -0.3 is 9.40 Å². The molecule has 3 aromatic heterocycles. The number of furan rings is 1. The van der Waals surface area contributed by atoms with Gasteiger partial charge >= 0.3 is 132 Å². The van der Waals surface area contributed by atoms with E-state index in [0.717, 1.165) is 57.3 Å². The molecule has 47 heavy (non-hydrogen) atoms. The van der Waals surface area contributed by atoms with Crippen LogP contribution in [0.2, 0.25) is 17.3 Å². The smallest absolute Gasteiger partial charge is 0.120 e. The van der Waals surface area contributed by atoms with Crippen molar-refractivity contribution in [1.29, 1.82) is 0 Å². The fourth-order valence-electron chi connectivity index (χ4n) is 5.93. The monoisotopic (exact) mass is 863 g/mol. The van der Waals surface area contributed by atoms with E-state index >= 15 is 0 Å². The molecule has 0 N–H and O–H groups in total. The number of nitrogens with zero attached hydrogens (tertiary/aromatic N) is 2. The minimum atomic E-state index is -1.90. The molecule has 0 fully saturated rings. The molecule has 0 saturated carbocycles. The second-order valence-corrected chi connectivity index (χ2v) is 26.5. The van der Waals surface area contributed by atoms with Crippen LogP contribution in [0.15, 0.2) is 89.6 Å². The summed E-state index contributed by atoms with van der Waals surface area (Å²) in [6, 6.07) is 31.4. The zero-order valence-corrected chi connectivity index (χ0v) is 34.1. The van der Waals surface area contributed by atoms with Crippen LogP contribution in [0.25, 0.3) is 44.5 Å². The summed E-state index contributed by atoms with van der Waals surface area (Å²) in [5.41, 5.74) is 10.3. The minimum absolute atomic E-state index is 0. The van der Waals surface area contributed by atoms with Crippen molar-refractivity contribution in [2.75, 3.05) is 0 Å². The molecule has 0 atom stereocenters. The van der Waals surface area contributed by atoms with Crippen LogP contribution in [0, 0.1) is 29.9 Å². The van der Waals surface area contributed by atoms with Crippen molar-refractivity contribution in [3.63, 3.8) is 0 Å². The summed E-state index contributed by atoms with van der Waals surface area (Å²) in [7, 11) is 0. The van der Waals surface area contributed by atoms with Gasteiger partial charge in [0.15, 0.2) is 0 Å². The van der Waals surface area contributed by atoms with Gasteiger partial charge in [-0.25, -0.2) is 0 Å². The molecular formula is C42H48GeIrN2O-2. The number of aromatic nitrogens is 2. The van der Waals surface area contributed by atoms with Gasteiger partial charge in [-0.3, -0.25) is 0 Å². The number of hydrogen-bond acceptors (Lipinski definition) is 3. The molecule has 6 aromatic rings. The van der Waals surface area contributed by atoms with Crippen LogP contribution in [0.3, 0.4) is 0 Å². The Morgan fingerprint density at radius 2 is 1.34 bits per heavy atom. The fraction of sp³-hybridized carbons (Fsp3) is 0.333. The number of fused-ring (bicyclic) bond motifs is 3. The molecule has 3 heterocycles. The summed E-state index contributed by atoms with van der Waals surface area (Å²) in [4.78, 5) is 9.39. The second kappa shape index (κ2) is 14.6. The third kappa shape index (κ3) is 9.31. The molecule has 0 saturated heterocycles. The molecule has 0 aliphatic carbocycles. The second-order valence-electron chi connectivity index (χ2n) is 15.9. The van der Waals surface area contributed by atoms with E-state index in [1.165, 1.54) is 21.1 Å². The molecule has 0 aliphatic rings. The first-order chi connectivity index (χ1) is 21.6. The van der Waals surface area contributed by atoms with E-state index in [9.17, 15) is 0 Å². The van der Waals surface area contributed by atoms with E-state index in [4.69, 9.17) is 9.40 Å². The number of rotatable bonds is 5. The zero-order valence-electron chi connectivity index (χ0n) is 29.6. The maximum atomic E-state index is 6.14. The van der Waals surface area contributed by atoms with Gasteiger partial charge in [-0.15, -0.1) is 18.2 Å². The van der Waals surface area contributed by atoms with Crippen LogP contribution in [0.4, 0.5) is 0 Å². The Balaban J connectivity index is 0.000000212. The Bertz CT molecular complexity index is 1960. The third-order valence-corrected chi connectivity index (χ3v) is 12.4. The first-order valence-corrected chi connectivity index (χ1v) is 23.7. The molecule has 1 radical (unpaired) electrons. The Hall–Kier alpha value is -3.05. The molecule has 0 amide bonds. The van der Waals surface area contributed by atoms with Gasteiger partial charge in [0.2, 0.25) is 0 Å². The first-order valence-electron chi connectivity index (χ1n) is 16.3. The minimum Gasteiger partial charge on any atom is -0.501 e. The number of benzene rings is 3. The van der Waals surface area contributed by atoms with Crippen molar-refractivity contribution < 1.29 is 24.5 Å². The van der Waals surface area contributed by atoms with E-state index in [1.54, 1.807) is 0 Å². The molecule has 0 spiro atoms. The molecule has 3 nitrogen and oxygen atoms in total. The van der Waals surface area contributed by atoms with Crippen molar-refractivity contribution in [3.05, 3.63) is 114 Å². The Morgan fingerprint density at radius 3 is 2.00 bits per heavy atom. The molecule has 0 unspecified atom stereocenters. The van der Waals surface area contributed by atoms with Crippen LogP contribution in [-0.4, -0.2) is 23.2 Å². The van der Waals surface area contributed by atoms with Crippen molar-refractivity contribution >= 4 is 39.6 Å². The van der Waals surface area contributed by atoms with Crippen LogP contribution in [0.5, 0.6) is 0 Å². The summed E-state index contributed by atoms with van der Waals surface area (Å²) in [5.74, 6) is 7.33. The molecule has 0 bridgehead atoms. The topological polar surface area (TPSA) is 38.9 Å². The molecule has 3 aromatic carbocycles. The average molecular weight is 862 g/mol. The number of pyridine rings is 2. The summed E-state index contributed by atoms with van der Waals surface area (Å²) in [6.45, 7) is 15.8. The zero-order chi connectivity index (χ0) is 33.3. The van der Waals surface area contributed by atoms with Crippen LogP contribution >= 0.6 is 0 Å². The van der Waals surface area contributed by atoms with Crippen molar-refractivity contribution in [2.24, 2.45) is 10.8 Å². The summed E-state index contributed by atoms with van der Waals surface area (Å²) in [5, 5.41) is 2.25. The van der Waals surface area contributed by atoms with Gasteiger partial charge in [-0.05, 0) is 36.1 Å². The Labute approximate surface area is 298 Å². The maximum absolute atomic E-state index is 6.14.